The van der Waals surface area contributed by atoms with Gasteiger partial charge in [-0.15, -0.1) is 0 Å². The molecule has 1 fully saturated rings. The summed E-state index contributed by atoms with van der Waals surface area (Å²) in [7, 11) is 0. The molecular weight excluding hydrogens is 341 g/mol. The topological polar surface area (TPSA) is 54.2 Å². The number of nitrogens with zero attached hydrogens (tertiary/aromatic N) is 3. The van der Waals surface area contributed by atoms with Crippen LogP contribution in [0.15, 0.2) is 41.7 Å². The first-order valence-corrected chi connectivity index (χ1v) is 9.03. The van der Waals surface area contributed by atoms with Gasteiger partial charge in [0.15, 0.2) is 5.96 Å². The molecule has 3 rings (SSSR count). The number of benzene rings is 1. The largest absolute Gasteiger partial charge is 0.357 e. The molecular formula is C18H23ClFN5. The standard InChI is InChI=1S/C18H23ClFN5/c1-2-21-18(22-8-4-10-25-11-5-9-23-25)24-16-12-13(16)17-14(19)6-3-7-15(17)20/h3,5-7,9,11,13,16H,2,4,8,10,12H2,1H3,(H2,21,22,24). The summed E-state index contributed by atoms with van der Waals surface area (Å²) < 4.78 is 15.9. The molecule has 134 valence electrons. The number of guanidine groups is 1. The maximum Gasteiger partial charge on any atom is 0.191 e. The molecule has 2 unspecified atom stereocenters. The summed E-state index contributed by atoms with van der Waals surface area (Å²) in [5.41, 5.74) is 0.608. The van der Waals surface area contributed by atoms with Gasteiger partial charge in [0.25, 0.3) is 0 Å². The minimum absolute atomic E-state index is 0.0987. The second kappa shape index (κ2) is 8.34. The Morgan fingerprint density at radius 1 is 1.44 bits per heavy atom. The zero-order valence-electron chi connectivity index (χ0n) is 14.3. The van der Waals surface area contributed by atoms with E-state index in [1.54, 1.807) is 18.3 Å². The van der Waals surface area contributed by atoms with Crippen molar-refractivity contribution in [1.82, 2.24) is 20.4 Å². The highest BCUT2D eigenvalue weighted by atomic mass is 35.5. The smallest absolute Gasteiger partial charge is 0.191 e. The molecule has 1 saturated carbocycles. The first kappa shape index (κ1) is 17.7. The summed E-state index contributed by atoms with van der Waals surface area (Å²) in [4.78, 5) is 4.59. The van der Waals surface area contributed by atoms with Gasteiger partial charge in [-0.2, -0.15) is 5.10 Å². The zero-order valence-corrected chi connectivity index (χ0v) is 15.0. The molecule has 2 atom stereocenters. The number of nitrogens with one attached hydrogen (secondary N) is 2. The summed E-state index contributed by atoms with van der Waals surface area (Å²) in [5, 5.41) is 11.3. The van der Waals surface area contributed by atoms with E-state index in [1.165, 1.54) is 6.07 Å². The van der Waals surface area contributed by atoms with Crippen molar-refractivity contribution in [3.63, 3.8) is 0 Å². The van der Waals surface area contributed by atoms with E-state index < -0.39 is 0 Å². The molecule has 1 aromatic carbocycles. The van der Waals surface area contributed by atoms with Crippen LogP contribution in [0.3, 0.4) is 0 Å². The van der Waals surface area contributed by atoms with Crippen LogP contribution in [-0.4, -0.2) is 34.9 Å². The van der Waals surface area contributed by atoms with Crippen molar-refractivity contribution in [2.45, 2.75) is 38.3 Å². The molecule has 25 heavy (non-hydrogen) atoms. The van der Waals surface area contributed by atoms with Gasteiger partial charge < -0.3 is 10.6 Å². The van der Waals surface area contributed by atoms with Crippen molar-refractivity contribution in [3.8, 4) is 0 Å². The number of aryl methyl sites for hydroxylation is 1. The average Bonchev–Trinajstić information content (AvgIpc) is 3.12. The third-order valence-electron chi connectivity index (χ3n) is 4.20. The van der Waals surface area contributed by atoms with Crippen molar-refractivity contribution in [2.75, 3.05) is 13.1 Å². The highest BCUT2D eigenvalue weighted by Crippen LogP contribution is 2.44. The van der Waals surface area contributed by atoms with Crippen LogP contribution in [0, 0.1) is 5.82 Å². The molecule has 0 aliphatic heterocycles. The average molecular weight is 364 g/mol. The fraction of sp³-hybridized carbons (Fsp3) is 0.444. The lowest BCUT2D eigenvalue weighted by Crippen LogP contribution is -2.39. The van der Waals surface area contributed by atoms with Crippen molar-refractivity contribution in [1.29, 1.82) is 0 Å². The lowest BCUT2D eigenvalue weighted by molar-refractivity contribution is 0.583. The molecule has 0 saturated heterocycles. The molecule has 0 bridgehead atoms. The summed E-state index contributed by atoms with van der Waals surface area (Å²) in [6.45, 7) is 4.35. The predicted octanol–water partition coefficient (Wildman–Crippen LogP) is 3.18. The van der Waals surface area contributed by atoms with Crippen molar-refractivity contribution in [3.05, 3.63) is 53.1 Å². The molecule has 1 heterocycles. The first-order valence-electron chi connectivity index (χ1n) is 8.65. The fourth-order valence-electron chi connectivity index (χ4n) is 2.89. The van der Waals surface area contributed by atoms with Crippen LogP contribution in [0.1, 0.15) is 31.2 Å². The molecule has 0 spiro atoms. The lowest BCUT2D eigenvalue weighted by atomic mass is 10.1. The number of rotatable bonds is 7. The number of halogens is 2. The van der Waals surface area contributed by atoms with Gasteiger partial charge >= 0.3 is 0 Å². The third kappa shape index (κ3) is 4.72. The number of hydrogen-bond donors (Lipinski definition) is 2. The van der Waals surface area contributed by atoms with Gasteiger partial charge in [0, 0.05) is 54.6 Å². The van der Waals surface area contributed by atoms with Crippen LogP contribution in [0.2, 0.25) is 5.02 Å². The zero-order chi connectivity index (χ0) is 17.6. The van der Waals surface area contributed by atoms with Crippen LogP contribution in [0.5, 0.6) is 0 Å². The Labute approximate surface area is 152 Å². The van der Waals surface area contributed by atoms with E-state index in [1.807, 2.05) is 23.9 Å². The maximum absolute atomic E-state index is 14.0. The number of aliphatic imine (C=N–C) groups is 1. The highest BCUT2D eigenvalue weighted by Gasteiger charge is 2.41. The molecule has 1 aliphatic rings. The van der Waals surface area contributed by atoms with Crippen LogP contribution in [0.25, 0.3) is 0 Å². The van der Waals surface area contributed by atoms with Crippen LogP contribution >= 0.6 is 11.6 Å². The van der Waals surface area contributed by atoms with Crippen molar-refractivity contribution < 1.29 is 4.39 Å². The third-order valence-corrected chi connectivity index (χ3v) is 4.53. The van der Waals surface area contributed by atoms with Crippen LogP contribution < -0.4 is 10.6 Å². The Balaban J connectivity index is 1.53. The number of aromatic nitrogens is 2. The SMILES string of the molecule is CCNC(=NCCCn1cccn1)NC1CC1c1c(F)cccc1Cl. The molecule has 2 aromatic rings. The van der Waals surface area contributed by atoms with Gasteiger partial charge in [-0.3, -0.25) is 9.67 Å². The van der Waals surface area contributed by atoms with E-state index in [0.29, 0.717) is 17.1 Å². The van der Waals surface area contributed by atoms with Gasteiger partial charge in [-0.1, -0.05) is 17.7 Å². The Bertz CT molecular complexity index is 696. The normalized spacial score (nSPS) is 19.7. The van der Waals surface area contributed by atoms with Gasteiger partial charge in [0.2, 0.25) is 0 Å². The van der Waals surface area contributed by atoms with Crippen molar-refractivity contribution in [2.24, 2.45) is 4.99 Å². The molecule has 7 heteroatoms. The van der Waals surface area contributed by atoms with E-state index in [0.717, 1.165) is 31.9 Å². The molecule has 0 amide bonds. The quantitative estimate of drug-likeness (QED) is 0.451. The summed E-state index contributed by atoms with van der Waals surface area (Å²) in [5.74, 6) is 0.632. The Morgan fingerprint density at radius 3 is 3.04 bits per heavy atom. The Hall–Kier alpha value is -2.08. The minimum atomic E-state index is -0.233. The first-order chi connectivity index (χ1) is 12.2. The maximum atomic E-state index is 14.0. The van der Waals surface area contributed by atoms with E-state index in [4.69, 9.17) is 11.6 Å². The molecule has 2 N–H and O–H groups in total. The Kier molecular flexibility index (Phi) is 5.91. The van der Waals surface area contributed by atoms with Crippen LogP contribution in [-0.2, 0) is 6.54 Å². The molecule has 1 aliphatic carbocycles. The van der Waals surface area contributed by atoms with E-state index in [9.17, 15) is 4.39 Å². The van der Waals surface area contributed by atoms with Crippen LogP contribution in [0.4, 0.5) is 4.39 Å². The molecule has 5 nitrogen and oxygen atoms in total. The van der Waals surface area contributed by atoms with E-state index in [-0.39, 0.29) is 17.8 Å². The Morgan fingerprint density at radius 2 is 2.32 bits per heavy atom. The highest BCUT2D eigenvalue weighted by molar-refractivity contribution is 6.31. The molecule has 1 aromatic heterocycles. The lowest BCUT2D eigenvalue weighted by Gasteiger charge is -2.12. The number of hydrogen-bond acceptors (Lipinski definition) is 2. The second-order valence-electron chi connectivity index (χ2n) is 6.11. The summed E-state index contributed by atoms with van der Waals surface area (Å²) in [6, 6.07) is 6.92. The van der Waals surface area contributed by atoms with Gasteiger partial charge in [0.1, 0.15) is 5.82 Å². The van der Waals surface area contributed by atoms with Gasteiger partial charge in [-0.25, -0.2) is 4.39 Å². The van der Waals surface area contributed by atoms with E-state index >= 15 is 0 Å². The van der Waals surface area contributed by atoms with Gasteiger partial charge in [0.05, 0.1) is 0 Å². The minimum Gasteiger partial charge on any atom is -0.357 e. The van der Waals surface area contributed by atoms with Gasteiger partial charge in [-0.05, 0) is 38.0 Å². The summed E-state index contributed by atoms with van der Waals surface area (Å²) in [6.07, 6.45) is 5.49. The second-order valence-corrected chi connectivity index (χ2v) is 6.52. The monoisotopic (exact) mass is 363 g/mol. The van der Waals surface area contributed by atoms with E-state index in [2.05, 4.69) is 20.7 Å². The summed E-state index contributed by atoms with van der Waals surface area (Å²) >= 11 is 6.16. The van der Waals surface area contributed by atoms with Crippen molar-refractivity contribution >= 4 is 17.6 Å². The molecule has 0 radical (unpaired) electrons. The fourth-order valence-corrected chi connectivity index (χ4v) is 3.19. The predicted molar refractivity (Wildman–Crippen MR) is 98.5 cm³/mol.